The average Bonchev–Trinajstić information content (AvgIpc) is 2.35. The first-order valence-electron chi connectivity index (χ1n) is 6.33. The summed E-state index contributed by atoms with van der Waals surface area (Å²) in [4.78, 5) is 14.2. The molecule has 0 saturated heterocycles. The van der Waals surface area contributed by atoms with E-state index in [2.05, 4.69) is 17.2 Å². The molecule has 17 heavy (non-hydrogen) atoms. The first kappa shape index (κ1) is 12.3. The Morgan fingerprint density at radius 3 is 3.12 bits per heavy atom. The normalized spacial score (nSPS) is 20.9. The Kier molecular flexibility index (Phi) is 3.97. The van der Waals surface area contributed by atoms with E-state index in [1.807, 2.05) is 6.07 Å². The van der Waals surface area contributed by atoms with Gasteiger partial charge in [0.1, 0.15) is 0 Å². The lowest BCUT2D eigenvalue weighted by atomic mass is 9.90. The molecule has 2 unspecified atom stereocenters. The summed E-state index contributed by atoms with van der Waals surface area (Å²) in [5.41, 5.74) is 2.20. The quantitative estimate of drug-likeness (QED) is 0.734. The highest BCUT2D eigenvalue weighted by molar-refractivity contribution is 5.26. The van der Waals surface area contributed by atoms with E-state index in [1.165, 1.54) is 5.56 Å². The Morgan fingerprint density at radius 1 is 1.59 bits per heavy atom. The van der Waals surface area contributed by atoms with Gasteiger partial charge in [0.2, 0.25) is 5.56 Å². The Labute approximate surface area is 101 Å². The molecule has 1 heterocycles. The van der Waals surface area contributed by atoms with Crippen LogP contribution >= 0.6 is 0 Å². The summed E-state index contributed by atoms with van der Waals surface area (Å²) in [6.07, 6.45) is 3.99. The van der Waals surface area contributed by atoms with E-state index >= 15 is 0 Å². The van der Waals surface area contributed by atoms with Gasteiger partial charge in [-0.3, -0.25) is 4.79 Å². The molecule has 0 amide bonds. The highest BCUT2D eigenvalue weighted by atomic mass is 16.3. The third kappa shape index (κ3) is 2.76. The molecule has 0 bridgehead atoms. The molecule has 2 rings (SSSR count). The topological polar surface area (TPSA) is 65.1 Å². The lowest BCUT2D eigenvalue weighted by molar-refractivity contribution is 0.223. The minimum absolute atomic E-state index is 0.0291. The maximum absolute atomic E-state index is 11.3. The van der Waals surface area contributed by atoms with Gasteiger partial charge in [0.25, 0.3) is 0 Å². The molecule has 1 aliphatic carbocycles. The number of aromatic amines is 1. The summed E-state index contributed by atoms with van der Waals surface area (Å²) >= 11 is 0. The lowest BCUT2D eigenvalue weighted by Gasteiger charge is -2.29. The predicted octanol–water partition coefficient (Wildman–Crippen LogP) is 1.11. The first-order valence-corrected chi connectivity index (χ1v) is 6.33. The number of aryl methyl sites for hydroxylation is 1. The van der Waals surface area contributed by atoms with Crippen LogP contribution in [0.1, 0.15) is 43.5 Å². The van der Waals surface area contributed by atoms with Crippen molar-refractivity contribution in [1.82, 2.24) is 10.3 Å². The summed E-state index contributed by atoms with van der Waals surface area (Å²) in [5.74, 6) is 0. The van der Waals surface area contributed by atoms with Gasteiger partial charge in [0.05, 0.1) is 6.61 Å². The molecule has 2 atom stereocenters. The smallest absolute Gasteiger partial charge is 0.248 e. The van der Waals surface area contributed by atoms with Gasteiger partial charge in [0.15, 0.2) is 0 Å². The van der Waals surface area contributed by atoms with Gasteiger partial charge in [-0.25, -0.2) is 0 Å². The molecule has 1 aromatic rings. The molecule has 4 heteroatoms. The lowest BCUT2D eigenvalue weighted by Crippen LogP contribution is -2.37. The Hall–Kier alpha value is -1.13. The maximum atomic E-state index is 11.3. The second kappa shape index (κ2) is 5.47. The van der Waals surface area contributed by atoms with Crippen molar-refractivity contribution in [2.45, 2.75) is 44.7 Å². The number of nitrogens with one attached hydrogen (secondary N) is 2. The molecule has 0 saturated carbocycles. The van der Waals surface area contributed by atoms with E-state index in [0.717, 1.165) is 31.4 Å². The van der Waals surface area contributed by atoms with Gasteiger partial charge >= 0.3 is 0 Å². The fourth-order valence-corrected chi connectivity index (χ4v) is 2.46. The van der Waals surface area contributed by atoms with Crippen LogP contribution in [0.3, 0.4) is 0 Å². The van der Waals surface area contributed by atoms with Crippen molar-refractivity contribution >= 4 is 0 Å². The number of aromatic nitrogens is 1. The third-order valence-electron chi connectivity index (χ3n) is 3.48. The van der Waals surface area contributed by atoms with E-state index < -0.39 is 0 Å². The highest BCUT2D eigenvalue weighted by Crippen LogP contribution is 2.27. The maximum Gasteiger partial charge on any atom is 0.248 e. The minimum atomic E-state index is -0.0291. The number of hydrogen-bond donors (Lipinski definition) is 3. The standard InChI is InChI=1S/C13H20N2O2/c1-2-9(8-16)14-11-4-3-5-12-10(11)6-7-13(17)15-12/h6-7,9,11,14,16H,2-5,8H2,1H3,(H,15,17). The number of aliphatic hydroxyl groups is 1. The Morgan fingerprint density at radius 2 is 2.41 bits per heavy atom. The van der Waals surface area contributed by atoms with Gasteiger partial charge in [0, 0.05) is 23.8 Å². The van der Waals surface area contributed by atoms with Crippen LogP contribution < -0.4 is 10.9 Å². The van der Waals surface area contributed by atoms with E-state index in [0.29, 0.717) is 0 Å². The summed E-state index contributed by atoms with van der Waals surface area (Å²) in [5, 5.41) is 12.7. The highest BCUT2D eigenvalue weighted by Gasteiger charge is 2.22. The van der Waals surface area contributed by atoms with Crippen molar-refractivity contribution in [3.05, 3.63) is 33.7 Å². The van der Waals surface area contributed by atoms with Crippen LogP contribution in [0, 0.1) is 0 Å². The zero-order chi connectivity index (χ0) is 12.3. The van der Waals surface area contributed by atoms with Crippen molar-refractivity contribution < 1.29 is 5.11 Å². The number of pyridine rings is 1. The summed E-state index contributed by atoms with van der Waals surface area (Å²) in [6.45, 7) is 2.22. The SMILES string of the molecule is CCC(CO)NC1CCCc2[nH]c(=O)ccc21. The van der Waals surface area contributed by atoms with Crippen LogP contribution in [0.2, 0.25) is 0 Å². The van der Waals surface area contributed by atoms with Gasteiger partial charge < -0.3 is 15.4 Å². The fraction of sp³-hybridized carbons (Fsp3) is 0.615. The van der Waals surface area contributed by atoms with Crippen molar-refractivity contribution in [1.29, 1.82) is 0 Å². The molecule has 0 fully saturated rings. The fourth-order valence-electron chi connectivity index (χ4n) is 2.46. The van der Waals surface area contributed by atoms with Crippen molar-refractivity contribution in [3.63, 3.8) is 0 Å². The van der Waals surface area contributed by atoms with Crippen molar-refractivity contribution in [2.24, 2.45) is 0 Å². The predicted molar refractivity (Wildman–Crippen MR) is 67.0 cm³/mol. The summed E-state index contributed by atoms with van der Waals surface area (Å²) in [7, 11) is 0. The monoisotopic (exact) mass is 236 g/mol. The zero-order valence-electron chi connectivity index (χ0n) is 10.2. The van der Waals surface area contributed by atoms with Gasteiger partial charge in [-0.05, 0) is 31.2 Å². The second-order valence-electron chi connectivity index (χ2n) is 4.66. The molecule has 1 aromatic heterocycles. The summed E-state index contributed by atoms with van der Waals surface area (Å²) < 4.78 is 0. The number of aliphatic hydroxyl groups excluding tert-OH is 1. The van der Waals surface area contributed by atoms with E-state index in [1.54, 1.807) is 6.07 Å². The van der Waals surface area contributed by atoms with Crippen LogP contribution in [-0.4, -0.2) is 22.7 Å². The van der Waals surface area contributed by atoms with Crippen LogP contribution in [0.5, 0.6) is 0 Å². The van der Waals surface area contributed by atoms with E-state index in [9.17, 15) is 9.90 Å². The largest absolute Gasteiger partial charge is 0.395 e. The van der Waals surface area contributed by atoms with Gasteiger partial charge in [-0.15, -0.1) is 0 Å². The molecule has 3 N–H and O–H groups in total. The van der Waals surface area contributed by atoms with Crippen LogP contribution in [0.4, 0.5) is 0 Å². The molecule has 1 aliphatic rings. The van der Waals surface area contributed by atoms with Crippen molar-refractivity contribution in [2.75, 3.05) is 6.61 Å². The van der Waals surface area contributed by atoms with Crippen LogP contribution in [0.15, 0.2) is 16.9 Å². The zero-order valence-corrected chi connectivity index (χ0v) is 10.2. The van der Waals surface area contributed by atoms with Crippen LogP contribution in [-0.2, 0) is 6.42 Å². The number of rotatable bonds is 4. The molecule has 0 aliphatic heterocycles. The number of H-pyrrole nitrogens is 1. The molecule has 4 nitrogen and oxygen atoms in total. The second-order valence-corrected chi connectivity index (χ2v) is 4.66. The molecule has 0 aromatic carbocycles. The van der Waals surface area contributed by atoms with E-state index in [4.69, 9.17) is 0 Å². The third-order valence-corrected chi connectivity index (χ3v) is 3.48. The molecular formula is C13H20N2O2. The summed E-state index contributed by atoms with van der Waals surface area (Å²) in [6, 6.07) is 3.89. The van der Waals surface area contributed by atoms with Crippen molar-refractivity contribution in [3.8, 4) is 0 Å². The first-order chi connectivity index (χ1) is 8.24. The van der Waals surface area contributed by atoms with Gasteiger partial charge in [-0.2, -0.15) is 0 Å². The minimum Gasteiger partial charge on any atom is -0.395 e. The molecular weight excluding hydrogens is 216 g/mol. The molecule has 94 valence electrons. The Bertz CT molecular complexity index is 424. The molecule has 0 radical (unpaired) electrons. The molecule has 0 spiro atoms. The Balaban J connectivity index is 2.19. The average molecular weight is 236 g/mol. The van der Waals surface area contributed by atoms with E-state index in [-0.39, 0.29) is 24.2 Å². The number of fused-ring (bicyclic) bond motifs is 1. The van der Waals surface area contributed by atoms with Crippen LogP contribution in [0.25, 0.3) is 0 Å². The van der Waals surface area contributed by atoms with Gasteiger partial charge in [-0.1, -0.05) is 13.0 Å². The number of hydrogen-bond acceptors (Lipinski definition) is 3.